The number of fused-ring (bicyclic) bond motifs is 1. The quantitative estimate of drug-likeness (QED) is 0.773. The Balaban J connectivity index is 1.91. The van der Waals surface area contributed by atoms with Crippen molar-refractivity contribution in [2.75, 3.05) is 4.72 Å². The van der Waals surface area contributed by atoms with E-state index in [4.69, 9.17) is 0 Å². The highest BCUT2D eigenvalue weighted by atomic mass is 32.2. The maximum absolute atomic E-state index is 12.6. The molecular formula is C16H17N3O3S. The minimum Gasteiger partial charge on any atom is -0.280 e. The van der Waals surface area contributed by atoms with Crippen molar-refractivity contribution in [3.63, 3.8) is 0 Å². The van der Waals surface area contributed by atoms with Crippen LogP contribution in [0.4, 0.5) is 5.69 Å². The van der Waals surface area contributed by atoms with Gasteiger partial charge in [0.15, 0.2) is 5.52 Å². The van der Waals surface area contributed by atoms with Crippen molar-refractivity contribution in [2.24, 2.45) is 0 Å². The normalized spacial score (nSPS) is 13.1. The van der Waals surface area contributed by atoms with Crippen LogP contribution in [0, 0.1) is 0 Å². The fraction of sp³-hybridized carbons (Fsp3) is 0.250. The van der Waals surface area contributed by atoms with Crippen molar-refractivity contribution >= 4 is 26.7 Å². The molecule has 3 rings (SSSR count). The summed E-state index contributed by atoms with van der Waals surface area (Å²) in [4.78, 5) is 0.0438. The zero-order chi connectivity index (χ0) is 16.4. The number of hydrogen-bond donors (Lipinski definition) is 1. The fourth-order valence-electron chi connectivity index (χ4n) is 2.32. The zero-order valence-corrected chi connectivity index (χ0v) is 13.7. The van der Waals surface area contributed by atoms with Crippen molar-refractivity contribution < 1.29 is 13.0 Å². The van der Waals surface area contributed by atoms with Crippen LogP contribution in [0.25, 0.3) is 11.0 Å². The summed E-state index contributed by atoms with van der Waals surface area (Å²) >= 11 is 0. The van der Waals surface area contributed by atoms with E-state index in [1.165, 1.54) is 11.6 Å². The van der Waals surface area contributed by atoms with Gasteiger partial charge in [-0.3, -0.25) is 4.72 Å². The average Bonchev–Trinajstić information content (AvgIpc) is 3.02. The summed E-state index contributed by atoms with van der Waals surface area (Å²) in [6, 6.07) is 12.1. The summed E-state index contributed by atoms with van der Waals surface area (Å²) in [5, 5.41) is 7.33. The lowest BCUT2D eigenvalue weighted by atomic mass is 9.99. The minimum absolute atomic E-state index is 0.0438. The number of hydrogen-bond acceptors (Lipinski definition) is 5. The van der Waals surface area contributed by atoms with Crippen LogP contribution in [-0.4, -0.2) is 18.7 Å². The standard InChI is InChI=1S/C16H17N3O3S/c1-3-11(2)12-7-9-13(10-8-12)19-23(20,21)15-6-4-5-14-16(15)18-22-17-14/h4-11,19H,3H2,1-2H3/t11-/m1/s1. The summed E-state index contributed by atoms with van der Waals surface area (Å²) < 4.78 is 32.3. The second-order valence-electron chi connectivity index (χ2n) is 5.42. The third kappa shape index (κ3) is 3.05. The molecule has 0 fully saturated rings. The Morgan fingerprint density at radius 3 is 2.57 bits per heavy atom. The van der Waals surface area contributed by atoms with Crippen LogP contribution < -0.4 is 4.72 Å². The first-order chi connectivity index (χ1) is 11.0. The summed E-state index contributed by atoms with van der Waals surface area (Å²) in [6.07, 6.45) is 1.03. The van der Waals surface area contributed by atoms with Crippen LogP contribution in [-0.2, 0) is 10.0 Å². The van der Waals surface area contributed by atoms with Crippen LogP contribution in [0.5, 0.6) is 0 Å². The van der Waals surface area contributed by atoms with E-state index in [2.05, 4.69) is 33.5 Å². The Morgan fingerprint density at radius 2 is 1.87 bits per heavy atom. The number of aromatic nitrogens is 2. The molecule has 0 spiro atoms. The van der Waals surface area contributed by atoms with Crippen LogP contribution in [0.1, 0.15) is 31.7 Å². The third-order valence-corrected chi connectivity index (χ3v) is 5.30. The highest BCUT2D eigenvalue weighted by molar-refractivity contribution is 7.93. The van der Waals surface area contributed by atoms with E-state index in [0.717, 1.165) is 6.42 Å². The number of rotatable bonds is 5. The van der Waals surface area contributed by atoms with Crippen molar-refractivity contribution in [3.05, 3.63) is 48.0 Å². The van der Waals surface area contributed by atoms with Gasteiger partial charge in [0.1, 0.15) is 10.4 Å². The number of benzene rings is 2. The van der Waals surface area contributed by atoms with E-state index in [9.17, 15) is 8.42 Å². The molecule has 0 radical (unpaired) electrons. The molecule has 0 aliphatic carbocycles. The Kier molecular flexibility index (Phi) is 4.04. The van der Waals surface area contributed by atoms with Crippen molar-refractivity contribution in [3.8, 4) is 0 Å². The smallest absolute Gasteiger partial charge is 0.264 e. The molecule has 1 aromatic heterocycles. The number of nitrogens with one attached hydrogen (secondary N) is 1. The summed E-state index contributed by atoms with van der Waals surface area (Å²) in [5.41, 5.74) is 2.31. The second kappa shape index (κ2) is 6.00. The lowest BCUT2D eigenvalue weighted by molar-refractivity contribution is 0.315. The predicted octanol–water partition coefficient (Wildman–Crippen LogP) is 3.54. The molecule has 0 saturated heterocycles. The van der Waals surface area contributed by atoms with Crippen molar-refractivity contribution in [1.82, 2.24) is 10.3 Å². The topological polar surface area (TPSA) is 85.1 Å². The van der Waals surface area contributed by atoms with E-state index in [1.54, 1.807) is 24.3 Å². The number of sulfonamides is 1. The Hall–Kier alpha value is -2.41. The van der Waals surface area contributed by atoms with Gasteiger partial charge in [-0.05, 0) is 52.5 Å². The maximum atomic E-state index is 12.6. The molecular weight excluding hydrogens is 314 g/mol. The Labute approximate surface area is 134 Å². The van der Waals surface area contributed by atoms with Gasteiger partial charge in [-0.15, -0.1) is 0 Å². The van der Waals surface area contributed by atoms with Gasteiger partial charge in [-0.25, -0.2) is 13.0 Å². The fourth-order valence-corrected chi connectivity index (χ4v) is 3.53. The van der Waals surface area contributed by atoms with Gasteiger partial charge in [0.2, 0.25) is 0 Å². The van der Waals surface area contributed by atoms with Crippen molar-refractivity contribution in [1.29, 1.82) is 0 Å². The summed E-state index contributed by atoms with van der Waals surface area (Å²) in [7, 11) is -3.76. The van der Waals surface area contributed by atoms with Crippen LogP contribution in [0.2, 0.25) is 0 Å². The Morgan fingerprint density at radius 1 is 1.13 bits per heavy atom. The van der Waals surface area contributed by atoms with E-state index in [-0.39, 0.29) is 10.4 Å². The number of nitrogens with zero attached hydrogens (tertiary/aromatic N) is 2. The monoisotopic (exact) mass is 331 g/mol. The van der Waals surface area contributed by atoms with E-state index < -0.39 is 10.0 Å². The van der Waals surface area contributed by atoms with Crippen molar-refractivity contribution in [2.45, 2.75) is 31.1 Å². The Bertz CT molecular complexity index is 917. The van der Waals surface area contributed by atoms with Crippen LogP contribution in [0.15, 0.2) is 52.0 Å². The van der Waals surface area contributed by atoms with Gasteiger partial charge >= 0.3 is 0 Å². The molecule has 0 unspecified atom stereocenters. The van der Waals surface area contributed by atoms with E-state index in [1.807, 2.05) is 12.1 Å². The second-order valence-corrected chi connectivity index (χ2v) is 7.08. The van der Waals surface area contributed by atoms with Crippen LogP contribution >= 0.6 is 0 Å². The molecule has 6 nitrogen and oxygen atoms in total. The first-order valence-corrected chi connectivity index (χ1v) is 8.83. The molecule has 7 heteroatoms. The highest BCUT2D eigenvalue weighted by Gasteiger charge is 2.20. The van der Waals surface area contributed by atoms with Gasteiger partial charge in [0, 0.05) is 5.69 Å². The first kappa shape index (κ1) is 15.5. The van der Waals surface area contributed by atoms with E-state index in [0.29, 0.717) is 17.1 Å². The molecule has 0 amide bonds. The van der Waals surface area contributed by atoms with Crippen LogP contribution in [0.3, 0.4) is 0 Å². The molecule has 1 N–H and O–H groups in total. The van der Waals surface area contributed by atoms with Gasteiger partial charge in [-0.2, -0.15) is 0 Å². The molecule has 1 heterocycles. The average molecular weight is 331 g/mol. The lowest BCUT2D eigenvalue weighted by Gasteiger charge is -2.11. The zero-order valence-electron chi connectivity index (χ0n) is 12.9. The minimum atomic E-state index is -3.76. The maximum Gasteiger partial charge on any atom is 0.264 e. The van der Waals surface area contributed by atoms with E-state index >= 15 is 0 Å². The summed E-state index contributed by atoms with van der Waals surface area (Å²) in [5.74, 6) is 0.440. The van der Waals surface area contributed by atoms with Gasteiger partial charge in [-0.1, -0.05) is 32.0 Å². The molecule has 3 aromatic rings. The first-order valence-electron chi connectivity index (χ1n) is 7.35. The van der Waals surface area contributed by atoms with Gasteiger partial charge < -0.3 is 0 Å². The third-order valence-electron chi connectivity index (χ3n) is 3.88. The molecule has 0 aliphatic rings. The molecule has 0 saturated carbocycles. The SMILES string of the molecule is CC[C@@H](C)c1ccc(NS(=O)(=O)c2cccc3nonc23)cc1. The molecule has 2 aromatic carbocycles. The predicted molar refractivity (Wildman–Crippen MR) is 87.8 cm³/mol. The molecule has 0 aliphatic heterocycles. The molecule has 23 heavy (non-hydrogen) atoms. The summed E-state index contributed by atoms with van der Waals surface area (Å²) in [6.45, 7) is 4.26. The molecule has 0 bridgehead atoms. The number of anilines is 1. The van der Waals surface area contributed by atoms with Gasteiger partial charge in [0.05, 0.1) is 0 Å². The molecule has 1 atom stereocenters. The largest absolute Gasteiger partial charge is 0.280 e. The lowest BCUT2D eigenvalue weighted by Crippen LogP contribution is -2.13. The molecule has 120 valence electrons. The van der Waals surface area contributed by atoms with Gasteiger partial charge in [0.25, 0.3) is 10.0 Å². The highest BCUT2D eigenvalue weighted by Crippen LogP contribution is 2.24.